The van der Waals surface area contributed by atoms with Crippen LogP contribution in [0.1, 0.15) is 37.6 Å². The number of nitrogens with one attached hydrogen (secondary N) is 1. The Morgan fingerprint density at radius 2 is 2.04 bits per heavy atom. The van der Waals surface area contributed by atoms with Crippen LogP contribution in [0.15, 0.2) is 4.90 Å². The Morgan fingerprint density at radius 1 is 1.37 bits per heavy atom. The third kappa shape index (κ3) is 3.14. The predicted molar refractivity (Wildman–Crippen MR) is 96.5 cm³/mol. The Bertz CT molecular complexity index is 893. The van der Waals surface area contributed by atoms with Crippen LogP contribution in [0.5, 0.6) is 0 Å². The summed E-state index contributed by atoms with van der Waals surface area (Å²) in [6.45, 7) is 5.25. The third-order valence-corrected chi connectivity index (χ3v) is 7.81. The van der Waals surface area contributed by atoms with Gasteiger partial charge in [0.15, 0.2) is 0 Å². The van der Waals surface area contributed by atoms with Gasteiger partial charge in [-0.3, -0.25) is 14.3 Å². The molecule has 1 unspecified atom stereocenters. The van der Waals surface area contributed by atoms with Gasteiger partial charge < -0.3 is 10.0 Å². The lowest BCUT2D eigenvalue weighted by Crippen LogP contribution is -2.47. The maximum absolute atomic E-state index is 12.8. The van der Waals surface area contributed by atoms with Crippen molar-refractivity contribution in [2.45, 2.75) is 51.0 Å². The Balaban J connectivity index is 1.76. The minimum absolute atomic E-state index is 0.0643. The lowest BCUT2D eigenvalue weighted by atomic mass is 9.81. The summed E-state index contributed by atoms with van der Waals surface area (Å²) in [4.78, 5) is 26.2. The van der Waals surface area contributed by atoms with Crippen molar-refractivity contribution in [3.05, 3.63) is 11.4 Å². The molecular weight excluding hydrogens is 372 g/mol. The van der Waals surface area contributed by atoms with Gasteiger partial charge in [0, 0.05) is 20.1 Å². The number of hydrogen-bond donors (Lipinski definition) is 2. The largest absolute Gasteiger partial charge is 0.481 e. The molecule has 2 heterocycles. The number of amides is 1. The number of likely N-dealkylation sites (tertiary alicyclic amines) is 1. The zero-order chi connectivity index (χ0) is 20.1. The van der Waals surface area contributed by atoms with Crippen LogP contribution in [0.2, 0.25) is 0 Å². The number of aliphatic carboxylic acids is 1. The lowest BCUT2D eigenvalue weighted by molar-refractivity contribution is -0.149. The highest BCUT2D eigenvalue weighted by atomic mass is 32.2. The maximum atomic E-state index is 12.8. The predicted octanol–water partition coefficient (Wildman–Crippen LogP) is 0.417. The van der Waals surface area contributed by atoms with Crippen LogP contribution in [-0.2, 0) is 26.7 Å². The van der Waals surface area contributed by atoms with Crippen LogP contribution >= 0.6 is 0 Å². The van der Waals surface area contributed by atoms with Crippen molar-refractivity contribution in [3.63, 3.8) is 0 Å². The molecule has 2 aliphatic rings. The molecule has 0 aromatic carbocycles. The molecule has 27 heavy (non-hydrogen) atoms. The summed E-state index contributed by atoms with van der Waals surface area (Å²) in [5, 5.41) is 13.8. The number of aryl methyl sites for hydroxylation is 2. The summed E-state index contributed by atoms with van der Waals surface area (Å²) in [6, 6.07) is -0.987. The first-order valence-corrected chi connectivity index (χ1v) is 10.5. The molecule has 1 saturated carbocycles. The monoisotopic (exact) mass is 398 g/mol. The molecule has 0 bridgehead atoms. The second-order valence-electron chi connectivity index (χ2n) is 7.74. The Morgan fingerprint density at radius 3 is 2.56 bits per heavy atom. The van der Waals surface area contributed by atoms with Crippen LogP contribution in [0.25, 0.3) is 0 Å². The number of sulfonamides is 1. The van der Waals surface area contributed by atoms with Gasteiger partial charge >= 0.3 is 5.97 Å². The summed E-state index contributed by atoms with van der Waals surface area (Å²) < 4.78 is 29.4. The molecule has 9 nitrogen and oxygen atoms in total. The number of nitrogens with zero attached hydrogens (tertiary/aromatic N) is 3. The summed E-state index contributed by atoms with van der Waals surface area (Å²) >= 11 is 0. The number of carboxylic acid groups (broad SMARTS) is 1. The standard InChI is InChI=1S/C17H26N4O5S/c1-10-14(12(3)20(4)18-10)27(25,26)19-11(2)15(22)21-8-13-6-5-7-17(13,9-21)16(23)24/h11,13,19H,5-9H2,1-4H3,(H,23,24)/t11?,13-,17+/m0/s1. The van der Waals surface area contributed by atoms with Crippen molar-refractivity contribution in [3.8, 4) is 0 Å². The molecule has 2 N–H and O–H groups in total. The topological polar surface area (TPSA) is 122 Å². The Hall–Kier alpha value is -1.94. The second kappa shape index (κ2) is 6.59. The van der Waals surface area contributed by atoms with Gasteiger partial charge in [0.2, 0.25) is 15.9 Å². The van der Waals surface area contributed by atoms with Gasteiger partial charge in [-0.15, -0.1) is 0 Å². The van der Waals surface area contributed by atoms with Gasteiger partial charge in [0.05, 0.1) is 22.8 Å². The highest BCUT2D eigenvalue weighted by Gasteiger charge is 2.56. The molecule has 1 aliphatic heterocycles. The van der Waals surface area contributed by atoms with Gasteiger partial charge in [0.25, 0.3) is 0 Å². The quantitative estimate of drug-likeness (QED) is 0.741. The van der Waals surface area contributed by atoms with E-state index in [9.17, 15) is 23.1 Å². The number of rotatable bonds is 5. The van der Waals surface area contributed by atoms with E-state index in [-0.39, 0.29) is 17.4 Å². The Kier molecular flexibility index (Phi) is 4.84. The fraction of sp³-hybridized carbons (Fsp3) is 0.706. The SMILES string of the molecule is Cc1nn(C)c(C)c1S(=O)(=O)NC(C)C(=O)N1C[C@@H]2CCC[C@@]2(C(=O)O)C1. The van der Waals surface area contributed by atoms with Crippen molar-refractivity contribution >= 4 is 21.9 Å². The Labute approximate surface area is 158 Å². The van der Waals surface area contributed by atoms with E-state index in [1.165, 1.54) is 16.5 Å². The van der Waals surface area contributed by atoms with Gasteiger partial charge in [-0.05, 0) is 39.5 Å². The zero-order valence-corrected chi connectivity index (χ0v) is 16.8. The molecule has 0 radical (unpaired) electrons. The van der Waals surface area contributed by atoms with Crippen molar-refractivity contribution in [1.29, 1.82) is 0 Å². The number of fused-ring (bicyclic) bond motifs is 1. The smallest absolute Gasteiger partial charge is 0.311 e. The average molecular weight is 398 g/mol. The molecule has 150 valence electrons. The summed E-state index contributed by atoms with van der Waals surface area (Å²) in [5.41, 5.74) is -0.0343. The first kappa shape index (κ1) is 19.8. The maximum Gasteiger partial charge on any atom is 0.311 e. The molecule has 10 heteroatoms. The molecular formula is C17H26N4O5S. The van der Waals surface area contributed by atoms with E-state index in [4.69, 9.17) is 0 Å². The highest BCUT2D eigenvalue weighted by molar-refractivity contribution is 7.89. The fourth-order valence-electron chi connectivity index (χ4n) is 4.57. The van der Waals surface area contributed by atoms with Crippen molar-refractivity contribution in [2.24, 2.45) is 18.4 Å². The number of hydrogen-bond acceptors (Lipinski definition) is 5. The van der Waals surface area contributed by atoms with E-state index >= 15 is 0 Å². The minimum atomic E-state index is -3.92. The van der Waals surface area contributed by atoms with Crippen LogP contribution in [0, 0.1) is 25.2 Å². The van der Waals surface area contributed by atoms with Crippen molar-refractivity contribution < 1.29 is 23.1 Å². The minimum Gasteiger partial charge on any atom is -0.481 e. The van der Waals surface area contributed by atoms with E-state index in [1.54, 1.807) is 20.9 Å². The summed E-state index contributed by atoms with van der Waals surface area (Å²) in [6.07, 6.45) is 2.19. The molecule has 1 amide bonds. The molecule has 2 fully saturated rings. The van der Waals surface area contributed by atoms with Gasteiger partial charge in [-0.1, -0.05) is 6.42 Å². The normalized spacial score (nSPS) is 26.2. The van der Waals surface area contributed by atoms with Gasteiger partial charge in [-0.2, -0.15) is 9.82 Å². The number of carbonyl (C=O) groups is 2. The van der Waals surface area contributed by atoms with E-state index in [0.29, 0.717) is 24.4 Å². The first-order chi connectivity index (χ1) is 12.5. The van der Waals surface area contributed by atoms with E-state index in [2.05, 4.69) is 9.82 Å². The zero-order valence-electron chi connectivity index (χ0n) is 16.0. The lowest BCUT2D eigenvalue weighted by Gasteiger charge is -2.25. The molecule has 3 rings (SSSR count). The van der Waals surface area contributed by atoms with Crippen LogP contribution in [-0.4, -0.2) is 59.2 Å². The molecule has 1 saturated heterocycles. The molecule has 1 aromatic rings. The van der Waals surface area contributed by atoms with Crippen LogP contribution in [0.3, 0.4) is 0 Å². The second-order valence-corrected chi connectivity index (χ2v) is 9.39. The number of carboxylic acids is 1. The summed E-state index contributed by atoms with van der Waals surface area (Å²) in [7, 11) is -2.26. The highest BCUT2D eigenvalue weighted by Crippen LogP contribution is 2.49. The number of carbonyl (C=O) groups excluding carboxylic acids is 1. The first-order valence-electron chi connectivity index (χ1n) is 9.04. The molecule has 1 aromatic heterocycles. The van der Waals surface area contributed by atoms with E-state index < -0.39 is 33.4 Å². The van der Waals surface area contributed by atoms with Crippen molar-refractivity contribution in [1.82, 2.24) is 19.4 Å². The van der Waals surface area contributed by atoms with Crippen LogP contribution < -0.4 is 4.72 Å². The fourth-order valence-corrected chi connectivity index (χ4v) is 6.20. The van der Waals surface area contributed by atoms with Crippen LogP contribution in [0.4, 0.5) is 0 Å². The molecule has 1 aliphatic carbocycles. The van der Waals surface area contributed by atoms with Gasteiger partial charge in [-0.25, -0.2) is 8.42 Å². The van der Waals surface area contributed by atoms with E-state index in [0.717, 1.165) is 12.8 Å². The van der Waals surface area contributed by atoms with E-state index in [1.807, 2.05) is 0 Å². The molecule has 0 spiro atoms. The van der Waals surface area contributed by atoms with Gasteiger partial charge in [0.1, 0.15) is 4.90 Å². The summed E-state index contributed by atoms with van der Waals surface area (Å²) in [5.74, 6) is -1.33. The molecule has 3 atom stereocenters. The third-order valence-electron chi connectivity index (χ3n) is 6.02. The van der Waals surface area contributed by atoms with Crippen molar-refractivity contribution in [2.75, 3.05) is 13.1 Å². The average Bonchev–Trinajstić information content (AvgIpc) is 3.17. The number of aromatic nitrogens is 2.